The summed E-state index contributed by atoms with van der Waals surface area (Å²) < 4.78 is 22.1. The molecular formula is C29H28FN3O2S. The van der Waals surface area contributed by atoms with E-state index in [4.69, 9.17) is 4.74 Å². The lowest BCUT2D eigenvalue weighted by Crippen LogP contribution is -2.38. The summed E-state index contributed by atoms with van der Waals surface area (Å²) in [7, 11) is 0. The van der Waals surface area contributed by atoms with Crippen LogP contribution in [0.4, 0.5) is 14.9 Å². The van der Waals surface area contributed by atoms with Crippen LogP contribution in [0.25, 0.3) is 5.00 Å². The normalized spacial score (nSPS) is 16.5. The van der Waals surface area contributed by atoms with E-state index in [1.807, 2.05) is 65.6 Å². The van der Waals surface area contributed by atoms with Crippen molar-refractivity contribution in [1.82, 2.24) is 9.47 Å². The first kappa shape index (κ1) is 22.9. The van der Waals surface area contributed by atoms with Crippen LogP contribution < -0.4 is 10.1 Å². The second kappa shape index (κ2) is 9.47. The Morgan fingerprint density at radius 2 is 1.92 bits per heavy atom. The van der Waals surface area contributed by atoms with Crippen LogP contribution in [-0.4, -0.2) is 22.1 Å². The molecule has 0 bridgehead atoms. The number of carbonyl (C=O) groups is 1. The van der Waals surface area contributed by atoms with Crippen LogP contribution in [0.3, 0.4) is 0 Å². The molecule has 184 valence electrons. The molecule has 7 heteroatoms. The zero-order valence-corrected chi connectivity index (χ0v) is 21.0. The number of nitrogens with zero attached hydrogens (tertiary/aromatic N) is 2. The first-order valence-corrected chi connectivity index (χ1v) is 13.3. The van der Waals surface area contributed by atoms with Gasteiger partial charge in [0.05, 0.1) is 24.9 Å². The number of carbonyl (C=O) groups excluding carboxylic acids is 1. The lowest BCUT2D eigenvalue weighted by atomic mass is 9.95. The zero-order valence-electron chi connectivity index (χ0n) is 20.2. The third-order valence-electron chi connectivity index (χ3n) is 7.02. The first-order chi connectivity index (χ1) is 17.6. The van der Waals surface area contributed by atoms with E-state index in [-0.39, 0.29) is 11.8 Å². The monoisotopic (exact) mass is 501 g/mol. The van der Waals surface area contributed by atoms with Crippen LogP contribution in [0.15, 0.2) is 66.9 Å². The Labute approximate surface area is 214 Å². The summed E-state index contributed by atoms with van der Waals surface area (Å²) >= 11 is 1.84. The number of ether oxygens (including phenoxy) is 1. The fourth-order valence-corrected chi connectivity index (χ4v) is 6.81. The number of hydrogen-bond acceptors (Lipinski definition) is 3. The van der Waals surface area contributed by atoms with Gasteiger partial charge in [-0.3, -0.25) is 0 Å². The summed E-state index contributed by atoms with van der Waals surface area (Å²) in [4.78, 5) is 17.2. The maximum absolute atomic E-state index is 14.4. The van der Waals surface area contributed by atoms with Crippen molar-refractivity contribution < 1.29 is 13.9 Å². The molecule has 2 aromatic heterocycles. The molecule has 1 atom stereocenters. The van der Waals surface area contributed by atoms with Gasteiger partial charge < -0.3 is 19.5 Å². The van der Waals surface area contributed by atoms with Crippen LogP contribution in [0.2, 0.25) is 0 Å². The Morgan fingerprint density at radius 1 is 1.08 bits per heavy atom. The molecule has 1 N–H and O–H groups in total. The summed E-state index contributed by atoms with van der Waals surface area (Å²) in [6, 6.07) is 17.4. The topological polar surface area (TPSA) is 46.5 Å². The fraction of sp³-hybridized carbons (Fsp3) is 0.276. The average Bonchev–Trinajstić information content (AvgIpc) is 3.47. The minimum Gasteiger partial charge on any atom is -0.494 e. The minimum atomic E-state index is -0.433. The largest absolute Gasteiger partial charge is 0.494 e. The molecule has 6 rings (SSSR count). The molecule has 0 radical (unpaired) electrons. The van der Waals surface area contributed by atoms with Gasteiger partial charge >= 0.3 is 6.03 Å². The van der Waals surface area contributed by atoms with E-state index in [2.05, 4.69) is 16.1 Å². The molecule has 2 amide bonds. The van der Waals surface area contributed by atoms with Crippen LogP contribution in [0, 0.1) is 5.82 Å². The Kier molecular flexibility index (Phi) is 6.01. The zero-order chi connectivity index (χ0) is 24.6. The number of anilines is 1. The third-order valence-corrected chi connectivity index (χ3v) is 8.35. The predicted octanol–water partition coefficient (Wildman–Crippen LogP) is 7.09. The van der Waals surface area contributed by atoms with Crippen LogP contribution in [0.1, 0.15) is 53.1 Å². The summed E-state index contributed by atoms with van der Waals surface area (Å²) in [5.41, 5.74) is 5.00. The number of benzene rings is 2. The molecule has 5 nitrogen and oxygen atoms in total. The number of thiophene rings is 1. The van der Waals surface area contributed by atoms with Crippen LogP contribution >= 0.6 is 11.3 Å². The predicted molar refractivity (Wildman–Crippen MR) is 141 cm³/mol. The number of aryl methyl sites for hydroxylation is 1. The number of amides is 2. The van der Waals surface area contributed by atoms with E-state index in [0.717, 1.165) is 29.8 Å². The highest BCUT2D eigenvalue weighted by molar-refractivity contribution is 7.15. The van der Waals surface area contributed by atoms with Crippen molar-refractivity contribution in [1.29, 1.82) is 0 Å². The van der Waals surface area contributed by atoms with Gasteiger partial charge in [-0.2, -0.15) is 0 Å². The second-order valence-corrected chi connectivity index (χ2v) is 10.4. The summed E-state index contributed by atoms with van der Waals surface area (Å²) in [5, 5.41) is 4.26. The van der Waals surface area contributed by atoms with Gasteiger partial charge in [0.25, 0.3) is 0 Å². The Balaban J connectivity index is 1.44. The number of halogens is 1. The smallest absolute Gasteiger partial charge is 0.322 e. The fourth-order valence-electron chi connectivity index (χ4n) is 5.41. The van der Waals surface area contributed by atoms with Crippen molar-refractivity contribution in [2.75, 3.05) is 11.9 Å². The van der Waals surface area contributed by atoms with Gasteiger partial charge in [0, 0.05) is 22.3 Å². The molecule has 2 aromatic carbocycles. The molecule has 0 saturated carbocycles. The van der Waals surface area contributed by atoms with Crippen molar-refractivity contribution in [3.05, 3.63) is 99.9 Å². The van der Waals surface area contributed by atoms with E-state index in [1.165, 1.54) is 46.0 Å². The SMILES string of the molecule is CCOc1ccc(NC(=O)N2Cc3c(sc4c3CCCC4)-n3cccc3[C@H]2c2cccc(F)c2)cc1. The Morgan fingerprint density at radius 3 is 2.72 bits per heavy atom. The molecule has 3 heterocycles. The molecule has 0 saturated heterocycles. The maximum atomic E-state index is 14.4. The average molecular weight is 502 g/mol. The van der Waals surface area contributed by atoms with Crippen LogP contribution in [0.5, 0.6) is 5.75 Å². The van der Waals surface area contributed by atoms with Gasteiger partial charge in [-0.25, -0.2) is 9.18 Å². The molecule has 36 heavy (non-hydrogen) atoms. The Hall–Kier alpha value is -3.58. The van der Waals surface area contributed by atoms with Gasteiger partial charge in [0.2, 0.25) is 0 Å². The van der Waals surface area contributed by atoms with E-state index >= 15 is 0 Å². The van der Waals surface area contributed by atoms with Gasteiger partial charge in [-0.1, -0.05) is 12.1 Å². The lowest BCUT2D eigenvalue weighted by molar-refractivity contribution is 0.194. The molecule has 0 unspecified atom stereocenters. The highest BCUT2D eigenvalue weighted by Gasteiger charge is 2.36. The molecule has 2 aliphatic rings. The highest BCUT2D eigenvalue weighted by atomic mass is 32.1. The van der Waals surface area contributed by atoms with Crippen molar-refractivity contribution in [2.45, 2.75) is 45.2 Å². The molecule has 4 aromatic rings. The van der Waals surface area contributed by atoms with Crippen molar-refractivity contribution >= 4 is 23.1 Å². The second-order valence-electron chi connectivity index (χ2n) is 9.27. The van der Waals surface area contributed by atoms with Gasteiger partial charge in [0.1, 0.15) is 16.6 Å². The number of nitrogens with one attached hydrogen (secondary N) is 1. The van der Waals surface area contributed by atoms with Crippen LogP contribution in [-0.2, 0) is 19.4 Å². The van der Waals surface area contributed by atoms with E-state index < -0.39 is 6.04 Å². The van der Waals surface area contributed by atoms with E-state index in [0.29, 0.717) is 18.8 Å². The summed E-state index contributed by atoms with van der Waals surface area (Å²) in [6.07, 6.45) is 6.57. The van der Waals surface area contributed by atoms with Gasteiger partial charge in [0.15, 0.2) is 0 Å². The third kappa shape index (κ3) is 4.07. The highest BCUT2D eigenvalue weighted by Crippen LogP contribution is 2.44. The first-order valence-electron chi connectivity index (χ1n) is 12.5. The molecular weight excluding hydrogens is 473 g/mol. The molecule has 0 fully saturated rings. The van der Waals surface area contributed by atoms with Crippen molar-refractivity contribution in [3.63, 3.8) is 0 Å². The van der Waals surface area contributed by atoms with Crippen molar-refractivity contribution in [3.8, 4) is 10.8 Å². The van der Waals surface area contributed by atoms with Crippen molar-refractivity contribution in [2.24, 2.45) is 0 Å². The quantitative estimate of drug-likeness (QED) is 0.324. The maximum Gasteiger partial charge on any atom is 0.322 e. The van der Waals surface area contributed by atoms with Gasteiger partial charge in [-0.15, -0.1) is 11.3 Å². The molecule has 1 aliphatic carbocycles. The lowest BCUT2D eigenvalue weighted by Gasteiger charge is -2.31. The minimum absolute atomic E-state index is 0.218. The Bertz CT molecular complexity index is 1410. The number of fused-ring (bicyclic) bond motifs is 5. The number of aromatic nitrogens is 1. The molecule has 1 aliphatic heterocycles. The summed E-state index contributed by atoms with van der Waals surface area (Å²) in [5.74, 6) is 0.448. The standard InChI is InChI=1S/C29H28FN3O2S/c1-2-35-22-14-12-21(13-15-22)31-29(34)33-18-24-23-9-3-4-11-26(23)36-28(24)32-16-6-10-25(32)27(33)19-7-5-8-20(30)17-19/h5-8,10,12-17,27H,2-4,9,11,18H2,1H3,(H,31,34)/t27-/m1/s1. The molecule has 0 spiro atoms. The van der Waals surface area contributed by atoms with E-state index in [1.54, 1.807) is 6.07 Å². The van der Waals surface area contributed by atoms with Gasteiger partial charge in [-0.05, 0) is 92.3 Å². The number of rotatable bonds is 4. The number of hydrogen-bond donors (Lipinski definition) is 1. The summed E-state index contributed by atoms with van der Waals surface area (Å²) in [6.45, 7) is 2.99. The number of urea groups is 1. The van der Waals surface area contributed by atoms with E-state index in [9.17, 15) is 9.18 Å².